The molecule has 0 unspecified atom stereocenters. The average Bonchev–Trinajstić information content (AvgIpc) is 2.98. The van der Waals surface area contributed by atoms with Gasteiger partial charge < -0.3 is 9.15 Å². The Labute approximate surface area is 142 Å². The zero-order valence-electron chi connectivity index (χ0n) is 12.0. The van der Waals surface area contributed by atoms with Crippen LogP contribution in [0.4, 0.5) is 4.79 Å². The summed E-state index contributed by atoms with van der Waals surface area (Å²) in [6, 6.07) is 14.1. The van der Waals surface area contributed by atoms with Crippen molar-refractivity contribution in [2.45, 2.75) is 4.90 Å². The number of carbonyl (C=O) groups excluding carboxylic acids is 1. The van der Waals surface area contributed by atoms with Crippen molar-refractivity contribution in [3.05, 3.63) is 59.6 Å². The first-order chi connectivity index (χ1) is 11.5. The summed E-state index contributed by atoms with van der Waals surface area (Å²) in [5.41, 5.74) is 2.30. The number of para-hydroxylation sites is 1. The molecular weight excluding hydrogens is 356 g/mol. The second-order valence-electron chi connectivity index (χ2n) is 4.66. The van der Waals surface area contributed by atoms with Crippen LogP contribution >= 0.6 is 11.6 Å². The van der Waals surface area contributed by atoms with Crippen molar-refractivity contribution in [1.29, 1.82) is 0 Å². The molecule has 2 N–H and O–H groups in total. The molecule has 0 aliphatic carbocycles. The van der Waals surface area contributed by atoms with E-state index in [2.05, 4.69) is 0 Å². The fourth-order valence-corrected chi connectivity index (χ4v) is 3.01. The summed E-state index contributed by atoms with van der Waals surface area (Å²) in [7, 11) is -3.89. The van der Waals surface area contributed by atoms with E-state index in [1.54, 1.807) is 36.4 Å². The van der Waals surface area contributed by atoms with Crippen molar-refractivity contribution in [3.63, 3.8) is 0 Å². The molecule has 0 saturated carbocycles. The van der Waals surface area contributed by atoms with Crippen LogP contribution in [0.25, 0.3) is 11.0 Å². The molecule has 1 aromatic heterocycles. The molecule has 3 aromatic rings. The summed E-state index contributed by atoms with van der Waals surface area (Å²) in [6.45, 7) is 0. The second kappa shape index (κ2) is 6.52. The first kappa shape index (κ1) is 16.3. The van der Waals surface area contributed by atoms with Gasteiger partial charge in [0, 0.05) is 11.5 Å². The van der Waals surface area contributed by atoms with Crippen LogP contribution < -0.4 is 15.0 Å². The Morgan fingerprint density at radius 3 is 2.54 bits per heavy atom. The number of nitrogens with one attached hydrogen (secondary N) is 2. The summed E-state index contributed by atoms with van der Waals surface area (Å²) >= 11 is 5.95. The number of hydrazine groups is 1. The van der Waals surface area contributed by atoms with E-state index in [0.717, 1.165) is 0 Å². The predicted molar refractivity (Wildman–Crippen MR) is 87.1 cm³/mol. The summed E-state index contributed by atoms with van der Waals surface area (Å²) < 4.78 is 34.1. The van der Waals surface area contributed by atoms with E-state index in [-0.39, 0.29) is 10.8 Å². The quantitative estimate of drug-likeness (QED) is 0.691. The Hall–Kier alpha value is -2.55. The van der Waals surface area contributed by atoms with E-state index in [1.165, 1.54) is 18.2 Å². The third kappa shape index (κ3) is 3.51. The lowest BCUT2D eigenvalue weighted by Crippen LogP contribution is -2.42. The minimum atomic E-state index is -3.89. The van der Waals surface area contributed by atoms with E-state index in [1.807, 2.05) is 10.3 Å². The highest BCUT2D eigenvalue weighted by atomic mass is 35.5. The van der Waals surface area contributed by atoms with Gasteiger partial charge in [0.05, 0.1) is 9.92 Å². The number of carbonyl (C=O) groups is 1. The molecule has 24 heavy (non-hydrogen) atoms. The molecule has 0 atom stereocenters. The number of amides is 1. The molecule has 124 valence electrons. The Morgan fingerprint density at radius 1 is 1.08 bits per heavy atom. The monoisotopic (exact) mass is 366 g/mol. The molecule has 0 spiro atoms. The topological polar surface area (TPSA) is 97.6 Å². The van der Waals surface area contributed by atoms with Gasteiger partial charge in [0.1, 0.15) is 0 Å². The van der Waals surface area contributed by atoms with Crippen molar-refractivity contribution in [2.24, 2.45) is 0 Å². The van der Waals surface area contributed by atoms with Gasteiger partial charge in [0.25, 0.3) is 16.0 Å². The van der Waals surface area contributed by atoms with Crippen molar-refractivity contribution in [1.82, 2.24) is 10.3 Å². The molecule has 9 heteroatoms. The number of hydrogen-bond donors (Lipinski definition) is 2. The molecule has 3 rings (SSSR count). The molecule has 0 radical (unpaired) electrons. The van der Waals surface area contributed by atoms with Crippen LogP contribution in [-0.2, 0) is 10.0 Å². The molecule has 1 heterocycles. The molecular formula is C15H11ClN2O5S. The van der Waals surface area contributed by atoms with Crippen LogP contribution in [-0.4, -0.2) is 14.5 Å². The zero-order valence-corrected chi connectivity index (χ0v) is 13.6. The van der Waals surface area contributed by atoms with Crippen LogP contribution in [0.5, 0.6) is 5.95 Å². The zero-order chi connectivity index (χ0) is 17.2. The highest BCUT2D eigenvalue weighted by Gasteiger charge is 2.16. The first-order valence-electron chi connectivity index (χ1n) is 6.68. The summed E-state index contributed by atoms with van der Waals surface area (Å²) in [5, 5.41) is 1.02. The van der Waals surface area contributed by atoms with E-state index in [4.69, 9.17) is 20.8 Å². The van der Waals surface area contributed by atoms with Crippen LogP contribution in [0.3, 0.4) is 0 Å². The Morgan fingerprint density at radius 2 is 1.83 bits per heavy atom. The van der Waals surface area contributed by atoms with Gasteiger partial charge in [-0.05, 0) is 18.2 Å². The average molecular weight is 367 g/mol. The SMILES string of the molecule is O=C(NNS(=O)(=O)c1ccccc1)Oc1cc2cccc(Cl)c2o1. The van der Waals surface area contributed by atoms with Crippen molar-refractivity contribution >= 4 is 38.7 Å². The van der Waals surface area contributed by atoms with Gasteiger partial charge in [0.15, 0.2) is 5.58 Å². The molecule has 0 bridgehead atoms. The Bertz CT molecular complexity index is 986. The minimum absolute atomic E-state index is 0.000758. The molecule has 1 amide bonds. The van der Waals surface area contributed by atoms with E-state index >= 15 is 0 Å². The summed E-state index contributed by atoms with van der Waals surface area (Å²) in [5.74, 6) is -0.116. The fourth-order valence-electron chi connectivity index (χ4n) is 1.94. The molecule has 0 fully saturated rings. The predicted octanol–water partition coefficient (Wildman–Crippen LogP) is 3.07. The first-order valence-corrected chi connectivity index (χ1v) is 8.54. The van der Waals surface area contributed by atoms with Crippen LogP contribution in [0.15, 0.2) is 63.9 Å². The number of halogens is 1. The van der Waals surface area contributed by atoms with E-state index < -0.39 is 16.1 Å². The van der Waals surface area contributed by atoms with Crippen LogP contribution in [0.2, 0.25) is 5.02 Å². The van der Waals surface area contributed by atoms with Crippen molar-refractivity contribution in [2.75, 3.05) is 0 Å². The van der Waals surface area contributed by atoms with Crippen LogP contribution in [0.1, 0.15) is 0 Å². The van der Waals surface area contributed by atoms with Gasteiger partial charge in [-0.2, -0.15) is 0 Å². The van der Waals surface area contributed by atoms with Gasteiger partial charge in [-0.15, -0.1) is 4.83 Å². The lowest BCUT2D eigenvalue weighted by molar-refractivity contribution is 0.187. The van der Waals surface area contributed by atoms with Crippen LogP contribution in [0, 0.1) is 0 Å². The maximum Gasteiger partial charge on any atom is 0.430 e. The number of fused-ring (bicyclic) bond motifs is 1. The smallest absolute Gasteiger partial charge is 0.424 e. The Kier molecular flexibility index (Phi) is 4.43. The van der Waals surface area contributed by atoms with Gasteiger partial charge in [0.2, 0.25) is 0 Å². The molecule has 0 aliphatic heterocycles. The second-order valence-corrected chi connectivity index (χ2v) is 6.75. The maximum absolute atomic E-state index is 12.0. The molecule has 2 aromatic carbocycles. The Balaban J connectivity index is 1.66. The summed E-state index contributed by atoms with van der Waals surface area (Å²) in [4.78, 5) is 13.6. The van der Waals surface area contributed by atoms with E-state index in [0.29, 0.717) is 16.0 Å². The third-order valence-electron chi connectivity index (χ3n) is 3.01. The van der Waals surface area contributed by atoms with Crippen molar-refractivity contribution < 1.29 is 22.4 Å². The largest absolute Gasteiger partial charge is 0.430 e. The molecule has 7 nitrogen and oxygen atoms in total. The highest BCUT2D eigenvalue weighted by molar-refractivity contribution is 7.89. The van der Waals surface area contributed by atoms with Crippen molar-refractivity contribution in [3.8, 4) is 5.95 Å². The third-order valence-corrected chi connectivity index (χ3v) is 4.57. The maximum atomic E-state index is 12.0. The number of ether oxygens (including phenoxy) is 1. The van der Waals surface area contributed by atoms with Gasteiger partial charge in [-0.1, -0.05) is 41.9 Å². The number of sulfonamides is 1. The number of furan rings is 1. The van der Waals surface area contributed by atoms with Gasteiger partial charge in [-0.3, -0.25) is 0 Å². The fraction of sp³-hybridized carbons (Fsp3) is 0. The summed E-state index contributed by atoms with van der Waals surface area (Å²) in [6.07, 6.45) is -1.05. The normalized spacial score (nSPS) is 11.4. The lowest BCUT2D eigenvalue weighted by Gasteiger charge is -2.07. The van der Waals surface area contributed by atoms with Gasteiger partial charge >= 0.3 is 6.09 Å². The number of rotatable bonds is 4. The lowest BCUT2D eigenvalue weighted by atomic mass is 10.3. The number of hydrogen-bond acceptors (Lipinski definition) is 5. The highest BCUT2D eigenvalue weighted by Crippen LogP contribution is 2.30. The van der Waals surface area contributed by atoms with Gasteiger partial charge in [-0.25, -0.2) is 18.6 Å². The molecule has 0 saturated heterocycles. The molecule has 0 aliphatic rings. The van der Waals surface area contributed by atoms with E-state index in [9.17, 15) is 13.2 Å². The standard InChI is InChI=1S/C15H11ClN2O5S/c16-12-8-4-5-10-9-13(22-14(10)12)23-15(19)17-18-24(20,21)11-6-2-1-3-7-11/h1-9,18H,(H,17,19). The number of benzene rings is 2. The minimum Gasteiger partial charge on any atom is -0.424 e.